The van der Waals surface area contributed by atoms with Crippen molar-refractivity contribution >= 4 is 0 Å². The van der Waals surface area contributed by atoms with E-state index < -0.39 is 6.10 Å². The maximum Gasteiger partial charge on any atom is 0.161 e. The van der Waals surface area contributed by atoms with Crippen molar-refractivity contribution in [2.75, 3.05) is 13.2 Å². The second kappa shape index (κ2) is 4.97. The first kappa shape index (κ1) is 12.1. The summed E-state index contributed by atoms with van der Waals surface area (Å²) in [7, 11) is 0. The normalized spacial score (nSPS) is 19.8. The Morgan fingerprint density at radius 2 is 1.95 bits per heavy atom. The molecule has 0 bridgehead atoms. The maximum absolute atomic E-state index is 10.2. The largest absolute Gasteiger partial charge is 0.489 e. The molecule has 2 atom stereocenters. The van der Waals surface area contributed by atoms with Crippen LogP contribution in [0.3, 0.4) is 0 Å². The fourth-order valence-electron chi connectivity index (χ4n) is 2.05. The van der Waals surface area contributed by atoms with Crippen molar-refractivity contribution in [3.63, 3.8) is 0 Å². The Bertz CT molecular complexity index is 547. The molecule has 2 unspecified atom stereocenters. The van der Waals surface area contributed by atoms with Gasteiger partial charge in [0.15, 0.2) is 11.5 Å². The third-order valence-corrected chi connectivity index (χ3v) is 3.14. The van der Waals surface area contributed by atoms with Gasteiger partial charge in [-0.25, -0.2) is 0 Å². The van der Waals surface area contributed by atoms with Crippen LogP contribution >= 0.6 is 0 Å². The number of rotatable bonds is 2. The minimum Gasteiger partial charge on any atom is -0.489 e. The summed E-state index contributed by atoms with van der Waals surface area (Å²) in [6.07, 6.45) is 0.758. The molecule has 19 heavy (non-hydrogen) atoms. The summed E-state index contributed by atoms with van der Waals surface area (Å²) in [4.78, 5) is 0. The van der Waals surface area contributed by atoms with Crippen LogP contribution in [0.2, 0.25) is 0 Å². The quantitative estimate of drug-likeness (QED) is 0.902. The summed E-state index contributed by atoms with van der Waals surface area (Å²) in [5.74, 6) is 2.26. The lowest BCUT2D eigenvalue weighted by atomic mass is 10.1. The van der Waals surface area contributed by atoms with Gasteiger partial charge in [-0.05, 0) is 29.8 Å². The van der Waals surface area contributed by atoms with Gasteiger partial charge in [0.1, 0.15) is 11.9 Å². The molecule has 1 aliphatic rings. The van der Waals surface area contributed by atoms with Crippen molar-refractivity contribution in [1.29, 1.82) is 0 Å². The van der Waals surface area contributed by atoms with Gasteiger partial charge in [-0.2, -0.15) is 0 Å². The zero-order valence-electron chi connectivity index (χ0n) is 10.7. The molecular formula is C15H16O4. The highest BCUT2D eigenvalue weighted by atomic mass is 16.5. The number of benzene rings is 1. The van der Waals surface area contributed by atoms with E-state index in [2.05, 4.69) is 6.92 Å². The molecule has 1 aliphatic heterocycles. The van der Waals surface area contributed by atoms with Crippen molar-refractivity contribution in [3.05, 3.63) is 47.9 Å². The first-order valence-electron chi connectivity index (χ1n) is 6.35. The van der Waals surface area contributed by atoms with E-state index >= 15 is 0 Å². The number of hydrogen-bond acceptors (Lipinski definition) is 4. The second-order valence-corrected chi connectivity index (χ2v) is 4.85. The van der Waals surface area contributed by atoms with Gasteiger partial charge >= 0.3 is 0 Å². The zero-order chi connectivity index (χ0) is 13.2. The van der Waals surface area contributed by atoms with Crippen LogP contribution in [-0.2, 0) is 0 Å². The van der Waals surface area contributed by atoms with E-state index in [4.69, 9.17) is 13.9 Å². The van der Waals surface area contributed by atoms with Crippen molar-refractivity contribution in [2.24, 2.45) is 5.92 Å². The summed E-state index contributed by atoms with van der Waals surface area (Å²) in [5.41, 5.74) is 0.729. The average molecular weight is 260 g/mol. The van der Waals surface area contributed by atoms with Gasteiger partial charge in [-0.3, -0.25) is 0 Å². The molecule has 3 rings (SSSR count). The lowest BCUT2D eigenvalue weighted by molar-refractivity contribution is 0.188. The van der Waals surface area contributed by atoms with Crippen molar-refractivity contribution < 1.29 is 19.0 Å². The fraction of sp³-hybridized carbons (Fsp3) is 0.333. The summed E-state index contributed by atoms with van der Waals surface area (Å²) in [5, 5.41) is 10.2. The van der Waals surface area contributed by atoms with Crippen LogP contribution in [0.4, 0.5) is 0 Å². The van der Waals surface area contributed by atoms with Crippen LogP contribution in [0, 0.1) is 5.92 Å². The Morgan fingerprint density at radius 1 is 1.16 bits per heavy atom. The van der Waals surface area contributed by atoms with E-state index in [0.29, 0.717) is 30.6 Å². The number of hydrogen-bond donors (Lipinski definition) is 1. The van der Waals surface area contributed by atoms with Gasteiger partial charge in [0.25, 0.3) is 0 Å². The van der Waals surface area contributed by atoms with E-state index in [1.165, 1.54) is 0 Å². The van der Waals surface area contributed by atoms with E-state index in [0.717, 1.165) is 11.3 Å². The number of aliphatic hydroxyl groups excluding tert-OH is 1. The minimum atomic E-state index is -0.787. The Balaban J connectivity index is 1.89. The van der Waals surface area contributed by atoms with Gasteiger partial charge in [0, 0.05) is 5.92 Å². The number of aliphatic hydroxyl groups is 1. The molecule has 0 saturated carbocycles. The van der Waals surface area contributed by atoms with Crippen molar-refractivity contribution in [1.82, 2.24) is 0 Å². The predicted octanol–water partition coefficient (Wildman–Crippen LogP) is 2.77. The predicted molar refractivity (Wildman–Crippen MR) is 69.4 cm³/mol. The molecule has 0 amide bonds. The molecule has 4 heteroatoms. The molecule has 4 nitrogen and oxygen atoms in total. The number of furan rings is 1. The van der Waals surface area contributed by atoms with Crippen molar-refractivity contribution in [3.8, 4) is 11.5 Å². The van der Waals surface area contributed by atoms with Gasteiger partial charge in [-0.15, -0.1) is 0 Å². The van der Waals surface area contributed by atoms with Gasteiger partial charge in [0.2, 0.25) is 0 Å². The minimum absolute atomic E-state index is 0.353. The molecule has 0 fully saturated rings. The van der Waals surface area contributed by atoms with Crippen molar-refractivity contribution in [2.45, 2.75) is 13.0 Å². The Labute approximate surface area is 111 Å². The first-order chi connectivity index (χ1) is 9.24. The molecule has 1 aromatic heterocycles. The highest BCUT2D eigenvalue weighted by Crippen LogP contribution is 2.34. The summed E-state index contributed by atoms with van der Waals surface area (Å²) in [6.45, 7) is 3.34. The monoisotopic (exact) mass is 260 g/mol. The molecule has 1 N–H and O–H groups in total. The van der Waals surface area contributed by atoms with Crippen LogP contribution in [-0.4, -0.2) is 18.3 Å². The molecule has 0 spiro atoms. The van der Waals surface area contributed by atoms with Crippen LogP contribution in [0.1, 0.15) is 24.4 Å². The number of ether oxygens (including phenoxy) is 2. The fourth-order valence-corrected chi connectivity index (χ4v) is 2.05. The second-order valence-electron chi connectivity index (χ2n) is 4.85. The molecule has 1 aromatic carbocycles. The van der Waals surface area contributed by atoms with E-state index in [1.54, 1.807) is 24.5 Å². The highest BCUT2D eigenvalue weighted by Gasteiger charge is 2.19. The van der Waals surface area contributed by atoms with Gasteiger partial charge in [-0.1, -0.05) is 13.0 Å². The Kier molecular flexibility index (Phi) is 3.17. The molecule has 2 aromatic rings. The smallest absolute Gasteiger partial charge is 0.161 e. The van der Waals surface area contributed by atoms with Gasteiger partial charge < -0.3 is 19.0 Å². The topological polar surface area (TPSA) is 51.8 Å². The third-order valence-electron chi connectivity index (χ3n) is 3.14. The standard InChI is InChI=1S/C15H16O4/c1-10-8-18-12-5-4-11(7-14(12)19-9-10)15(16)13-3-2-6-17-13/h2-7,10,15-16H,8-9H2,1H3. The first-order valence-corrected chi connectivity index (χ1v) is 6.35. The molecule has 0 radical (unpaired) electrons. The summed E-state index contributed by atoms with van der Waals surface area (Å²) >= 11 is 0. The van der Waals surface area contributed by atoms with Gasteiger partial charge in [0.05, 0.1) is 19.5 Å². The SMILES string of the molecule is CC1COc2ccc(C(O)c3ccco3)cc2OC1. The van der Waals surface area contributed by atoms with Crippen LogP contribution < -0.4 is 9.47 Å². The van der Waals surface area contributed by atoms with E-state index in [-0.39, 0.29) is 0 Å². The Hall–Kier alpha value is -1.94. The van der Waals surface area contributed by atoms with Crippen LogP contribution in [0.5, 0.6) is 11.5 Å². The highest BCUT2D eigenvalue weighted by molar-refractivity contribution is 5.45. The maximum atomic E-state index is 10.2. The van der Waals surface area contributed by atoms with Crippen LogP contribution in [0.15, 0.2) is 41.0 Å². The van der Waals surface area contributed by atoms with Crippen LogP contribution in [0.25, 0.3) is 0 Å². The van der Waals surface area contributed by atoms with E-state index in [1.807, 2.05) is 12.1 Å². The average Bonchev–Trinajstić information content (AvgIpc) is 2.90. The third kappa shape index (κ3) is 2.44. The lowest BCUT2D eigenvalue weighted by Gasteiger charge is -2.12. The van der Waals surface area contributed by atoms with E-state index in [9.17, 15) is 5.11 Å². The lowest BCUT2D eigenvalue weighted by Crippen LogP contribution is -2.12. The molecule has 0 aliphatic carbocycles. The molecule has 2 heterocycles. The summed E-state index contributed by atoms with van der Waals surface area (Å²) < 4.78 is 16.6. The molecule has 100 valence electrons. The number of fused-ring (bicyclic) bond motifs is 1. The summed E-state index contributed by atoms with van der Waals surface area (Å²) in [6, 6.07) is 8.96. The Morgan fingerprint density at radius 3 is 2.68 bits per heavy atom. The molecule has 0 saturated heterocycles. The molecular weight excluding hydrogens is 244 g/mol. The zero-order valence-corrected chi connectivity index (χ0v) is 10.7.